The van der Waals surface area contributed by atoms with Gasteiger partial charge in [-0.1, -0.05) is 90.1 Å². The first kappa shape index (κ1) is 22.3. The second-order valence-corrected chi connectivity index (χ2v) is 9.53. The summed E-state index contributed by atoms with van der Waals surface area (Å²) >= 11 is 7.71. The van der Waals surface area contributed by atoms with Crippen LogP contribution in [0.4, 0.5) is 5.69 Å². The Bertz CT molecular complexity index is 1340. The van der Waals surface area contributed by atoms with Crippen LogP contribution in [0.15, 0.2) is 119 Å². The van der Waals surface area contributed by atoms with Gasteiger partial charge in [-0.3, -0.25) is 4.79 Å². The Morgan fingerprint density at radius 2 is 1.44 bits per heavy atom. The van der Waals surface area contributed by atoms with Gasteiger partial charge in [0, 0.05) is 43.6 Å². The van der Waals surface area contributed by atoms with E-state index in [4.69, 9.17) is 11.6 Å². The smallest absolute Gasteiger partial charge is 0.230 e. The van der Waals surface area contributed by atoms with Gasteiger partial charge in [0.05, 0.1) is 6.42 Å². The predicted octanol–water partition coefficient (Wildman–Crippen LogP) is 7.68. The highest BCUT2D eigenvalue weighted by molar-refractivity contribution is 7.99. The fourth-order valence-corrected chi connectivity index (χ4v) is 5.30. The molecule has 0 saturated heterocycles. The Kier molecular flexibility index (Phi) is 6.70. The summed E-state index contributed by atoms with van der Waals surface area (Å²) in [6.45, 7) is 0.695. The van der Waals surface area contributed by atoms with Gasteiger partial charge in [0.1, 0.15) is 0 Å². The average Bonchev–Trinajstić information content (AvgIpc) is 3.14. The SMILES string of the molecule is O=C(Cc1c(Sc2ccccc2)c2ccccc2n1Cc1ccccc1)Nc1ccc(Cl)cc1. The van der Waals surface area contributed by atoms with E-state index in [0.717, 1.165) is 32.1 Å². The van der Waals surface area contributed by atoms with Gasteiger partial charge >= 0.3 is 0 Å². The zero-order valence-electron chi connectivity index (χ0n) is 18.4. The Morgan fingerprint density at radius 3 is 2.18 bits per heavy atom. The number of anilines is 1. The Balaban J connectivity index is 1.57. The number of benzene rings is 4. The van der Waals surface area contributed by atoms with E-state index in [0.29, 0.717) is 11.6 Å². The summed E-state index contributed by atoms with van der Waals surface area (Å²) < 4.78 is 2.28. The zero-order valence-corrected chi connectivity index (χ0v) is 20.0. The van der Waals surface area contributed by atoms with E-state index in [-0.39, 0.29) is 12.3 Å². The van der Waals surface area contributed by atoms with Gasteiger partial charge < -0.3 is 9.88 Å². The molecule has 1 aromatic heterocycles. The molecule has 5 rings (SSSR count). The van der Waals surface area contributed by atoms with Crippen molar-refractivity contribution >= 4 is 45.9 Å². The average molecular weight is 483 g/mol. The van der Waals surface area contributed by atoms with E-state index in [1.54, 1.807) is 23.9 Å². The number of nitrogens with one attached hydrogen (secondary N) is 1. The molecule has 1 heterocycles. The molecule has 0 fully saturated rings. The van der Waals surface area contributed by atoms with Gasteiger partial charge in [-0.05, 0) is 48.0 Å². The molecule has 0 spiro atoms. The van der Waals surface area contributed by atoms with Crippen LogP contribution in [-0.2, 0) is 17.8 Å². The molecular weight excluding hydrogens is 460 g/mol. The second kappa shape index (κ2) is 10.2. The number of para-hydroxylation sites is 1. The third-order valence-electron chi connectivity index (χ3n) is 5.63. The molecule has 0 radical (unpaired) electrons. The van der Waals surface area contributed by atoms with Crippen molar-refractivity contribution < 1.29 is 4.79 Å². The molecule has 0 unspecified atom stereocenters. The molecular formula is C29H23ClN2OS. The quantitative estimate of drug-likeness (QED) is 0.258. The lowest BCUT2D eigenvalue weighted by Gasteiger charge is -2.13. The number of hydrogen-bond donors (Lipinski definition) is 1. The molecule has 0 atom stereocenters. The first-order chi connectivity index (χ1) is 16.7. The first-order valence-electron chi connectivity index (χ1n) is 11.1. The van der Waals surface area contributed by atoms with E-state index in [2.05, 4.69) is 58.4 Å². The van der Waals surface area contributed by atoms with Crippen LogP contribution in [-0.4, -0.2) is 10.5 Å². The summed E-state index contributed by atoms with van der Waals surface area (Å²) in [6.07, 6.45) is 0.263. The molecule has 0 aliphatic heterocycles. The Labute approximate surface area is 208 Å². The normalized spacial score (nSPS) is 11.0. The summed E-state index contributed by atoms with van der Waals surface area (Å²) in [4.78, 5) is 15.4. The van der Waals surface area contributed by atoms with Crippen LogP contribution in [0.1, 0.15) is 11.3 Å². The van der Waals surface area contributed by atoms with Gasteiger partial charge in [-0.2, -0.15) is 0 Å². The number of halogens is 1. The lowest BCUT2D eigenvalue weighted by molar-refractivity contribution is -0.115. The summed E-state index contributed by atoms with van der Waals surface area (Å²) in [6, 6.07) is 36.2. The second-order valence-electron chi connectivity index (χ2n) is 8.01. The maximum Gasteiger partial charge on any atom is 0.230 e. The number of carbonyl (C=O) groups excluding carboxylic acids is 1. The molecule has 5 heteroatoms. The number of carbonyl (C=O) groups is 1. The third kappa shape index (κ3) is 5.04. The number of hydrogen-bond acceptors (Lipinski definition) is 2. The molecule has 0 aliphatic rings. The highest BCUT2D eigenvalue weighted by Crippen LogP contribution is 2.39. The van der Waals surface area contributed by atoms with Crippen molar-refractivity contribution in [1.82, 2.24) is 4.57 Å². The van der Waals surface area contributed by atoms with Crippen molar-refractivity contribution in [3.63, 3.8) is 0 Å². The molecule has 0 aliphatic carbocycles. The lowest BCUT2D eigenvalue weighted by atomic mass is 10.2. The first-order valence-corrected chi connectivity index (χ1v) is 12.3. The highest BCUT2D eigenvalue weighted by atomic mass is 35.5. The molecule has 5 aromatic rings. The van der Waals surface area contributed by atoms with Crippen molar-refractivity contribution in [1.29, 1.82) is 0 Å². The van der Waals surface area contributed by atoms with Gasteiger partial charge in [0.15, 0.2) is 0 Å². The summed E-state index contributed by atoms with van der Waals surface area (Å²) in [5, 5.41) is 4.82. The van der Waals surface area contributed by atoms with Gasteiger partial charge in [-0.25, -0.2) is 0 Å². The Hall–Kier alpha value is -3.47. The summed E-state index contributed by atoms with van der Waals surface area (Å²) in [5.74, 6) is -0.0608. The van der Waals surface area contributed by atoms with Crippen molar-refractivity contribution in [2.45, 2.75) is 22.8 Å². The molecule has 0 bridgehead atoms. The summed E-state index contributed by atoms with van der Waals surface area (Å²) in [7, 11) is 0. The molecule has 1 N–H and O–H groups in total. The van der Waals surface area contributed by atoms with Crippen molar-refractivity contribution in [3.05, 3.63) is 125 Å². The van der Waals surface area contributed by atoms with Gasteiger partial charge in [0.25, 0.3) is 0 Å². The minimum absolute atomic E-state index is 0.0608. The standard InChI is InChI=1S/C29H23ClN2OS/c30-22-15-17-23(18-16-22)31-28(33)19-27-29(34-24-11-5-2-6-12-24)25-13-7-8-14-26(25)32(27)20-21-9-3-1-4-10-21/h1-18H,19-20H2,(H,31,33). The molecule has 4 aromatic carbocycles. The number of rotatable bonds is 7. The number of nitrogens with zero attached hydrogens (tertiary/aromatic N) is 1. The van der Waals surface area contributed by atoms with Gasteiger partial charge in [0.2, 0.25) is 5.91 Å². The lowest BCUT2D eigenvalue weighted by Crippen LogP contribution is -2.17. The third-order valence-corrected chi connectivity index (χ3v) is 7.05. The molecule has 3 nitrogen and oxygen atoms in total. The fraction of sp³-hybridized carbons (Fsp3) is 0.0690. The van der Waals surface area contributed by atoms with Gasteiger partial charge in [-0.15, -0.1) is 0 Å². The topological polar surface area (TPSA) is 34.0 Å². The van der Waals surface area contributed by atoms with E-state index in [9.17, 15) is 4.79 Å². The molecule has 0 saturated carbocycles. The van der Waals surface area contributed by atoms with Crippen LogP contribution >= 0.6 is 23.4 Å². The number of amides is 1. The van der Waals surface area contributed by atoms with E-state index < -0.39 is 0 Å². The van der Waals surface area contributed by atoms with Crippen LogP contribution in [0.25, 0.3) is 10.9 Å². The van der Waals surface area contributed by atoms with E-state index in [1.807, 2.05) is 48.5 Å². The molecule has 34 heavy (non-hydrogen) atoms. The van der Waals surface area contributed by atoms with Crippen molar-refractivity contribution in [3.8, 4) is 0 Å². The van der Waals surface area contributed by atoms with Crippen molar-refractivity contribution in [2.75, 3.05) is 5.32 Å². The maximum absolute atomic E-state index is 13.2. The van der Waals surface area contributed by atoms with Crippen LogP contribution in [0.5, 0.6) is 0 Å². The zero-order chi connectivity index (χ0) is 23.3. The van der Waals surface area contributed by atoms with E-state index >= 15 is 0 Å². The largest absolute Gasteiger partial charge is 0.338 e. The van der Waals surface area contributed by atoms with E-state index in [1.165, 1.54) is 5.56 Å². The van der Waals surface area contributed by atoms with Crippen molar-refractivity contribution in [2.24, 2.45) is 0 Å². The van der Waals surface area contributed by atoms with Crippen LogP contribution in [0.3, 0.4) is 0 Å². The Morgan fingerprint density at radius 1 is 0.794 bits per heavy atom. The number of fused-ring (bicyclic) bond motifs is 1. The minimum atomic E-state index is -0.0608. The highest BCUT2D eigenvalue weighted by Gasteiger charge is 2.21. The predicted molar refractivity (Wildman–Crippen MR) is 142 cm³/mol. The van der Waals surface area contributed by atoms with Crippen LogP contribution in [0.2, 0.25) is 5.02 Å². The van der Waals surface area contributed by atoms with Crippen LogP contribution < -0.4 is 5.32 Å². The molecule has 168 valence electrons. The number of aromatic nitrogens is 1. The fourth-order valence-electron chi connectivity index (χ4n) is 4.06. The monoisotopic (exact) mass is 482 g/mol. The molecule has 1 amide bonds. The van der Waals surface area contributed by atoms with Crippen LogP contribution in [0, 0.1) is 0 Å². The minimum Gasteiger partial charge on any atom is -0.338 e. The maximum atomic E-state index is 13.2. The summed E-state index contributed by atoms with van der Waals surface area (Å²) in [5.41, 5.74) is 4.06.